The summed E-state index contributed by atoms with van der Waals surface area (Å²) < 4.78 is 10.1. The van der Waals surface area contributed by atoms with E-state index in [1.54, 1.807) is 12.3 Å². The maximum atomic E-state index is 12.4. The summed E-state index contributed by atoms with van der Waals surface area (Å²) in [5.41, 5.74) is 0.628. The lowest BCUT2D eigenvalue weighted by molar-refractivity contribution is -0.145. The summed E-state index contributed by atoms with van der Waals surface area (Å²) in [6.07, 6.45) is 2.98. The van der Waals surface area contributed by atoms with Crippen molar-refractivity contribution in [1.82, 2.24) is 28.1 Å². The second-order valence-corrected chi connectivity index (χ2v) is 6.93. The van der Waals surface area contributed by atoms with E-state index in [2.05, 4.69) is 9.97 Å². The first kappa shape index (κ1) is 19.3. The zero-order valence-corrected chi connectivity index (χ0v) is 16.5. The molecule has 154 valence electrons. The highest BCUT2D eigenvalue weighted by Gasteiger charge is 2.16. The molecular formula is C19H18N6O5. The Morgan fingerprint density at radius 2 is 1.90 bits per heavy atom. The van der Waals surface area contributed by atoms with Crippen molar-refractivity contribution in [2.75, 3.05) is 0 Å². The molecule has 30 heavy (non-hydrogen) atoms. The van der Waals surface area contributed by atoms with Gasteiger partial charge in [-0.1, -0.05) is 6.07 Å². The van der Waals surface area contributed by atoms with E-state index in [0.29, 0.717) is 11.3 Å². The number of ether oxygens (including phenoxy) is 1. The van der Waals surface area contributed by atoms with E-state index in [4.69, 9.17) is 4.74 Å². The number of fused-ring (bicyclic) bond motifs is 2. The van der Waals surface area contributed by atoms with E-state index in [0.717, 1.165) is 10.1 Å². The first-order valence-electron chi connectivity index (χ1n) is 9.01. The zero-order valence-electron chi connectivity index (χ0n) is 16.5. The predicted octanol–water partition coefficient (Wildman–Crippen LogP) is -0.507. The number of carbonyl (C=O) groups excluding carboxylic acids is 1. The van der Waals surface area contributed by atoms with E-state index in [1.807, 2.05) is 13.0 Å². The fraction of sp³-hybridized carbons (Fsp3) is 0.263. The van der Waals surface area contributed by atoms with Crippen LogP contribution in [0.2, 0.25) is 0 Å². The molecule has 0 N–H and O–H groups in total. The first-order valence-corrected chi connectivity index (χ1v) is 9.01. The van der Waals surface area contributed by atoms with Gasteiger partial charge in [0.2, 0.25) is 0 Å². The normalized spacial score (nSPS) is 11.3. The number of hydrogen-bond acceptors (Lipinski definition) is 7. The largest absolute Gasteiger partial charge is 0.458 e. The van der Waals surface area contributed by atoms with Crippen molar-refractivity contribution in [2.45, 2.75) is 20.1 Å². The van der Waals surface area contributed by atoms with E-state index in [-0.39, 0.29) is 29.9 Å². The Labute approximate surface area is 168 Å². The maximum Gasteiger partial charge on any atom is 0.332 e. The van der Waals surface area contributed by atoms with E-state index in [9.17, 15) is 19.2 Å². The summed E-state index contributed by atoms with van der Waals surface area (Å²) in [4.78, 5) is 57.3. The number of rotatable bonds is 4. The van der Waals surface area contributed by atoms with Crippen LogP contribution >= 0.6 is 0 Å². The van der Waals surface area contributed by atoms with Crippen LogP contribution < -0.4 is 16.8 Å². The molecule has 0 fully saturated rings. The molecule has 0 saturated heterocycles. The standard InChI is InChI=1S/C19H18N6O5/c1-11-4-5-13-21-12(6-14(26)25(13)7-11)9-30-15(27)8-24-10-20-17-16(24)18(28)23(3)19(29)22(17)2/h4-7,10H,8-9H2,1-3H3. The van der Waals surface area contributed by atoms with Crippen molar-refractivity contribution in [3.63, 3.8) is 0 Å². The summed E-state index contributed by atoms with van der Waals surface area (Å²) in [7, 11) is 2.84. The molecule has 11 heteroatoms. The minimum absolute atomic E-state index is 0.119. The number of esters is 1. The molecule has 0 atom stereocenters. The summed E-state index contributed by atoms with van der Waals surface area (Å²) in [6.45, 7) is 1.39. The predicted molar refractivity (Wildman–Crippen MR) is 106 cm³/mol. The van der Waals surface area contributed by atoms with Crippen LogP contribution in [0.5, 0.6) is 0 Å². The lowest BCUT2D eigenvalue weighted by Gasteiger charge is -2.08. The van der Waals surface area contributed by atoms with Gasteiger partial charge in [-0.2, -0.15) is 0 Å². The number of pyridine rings is 1. The molecule has 11 nitrogen and oxygen atoms in total. The Morgan fingerprint density at radius 3 is 2.67 bits per heavy atom. The number of nitrogens with zero attached hydrogens (tertiary/aromatic N) is 6. The third kappa shape index (κ3) is 3.19. The molecule has 4 aromatic heterocycles. The van der Waals surface area contributed by atoms with Crippen LogP contribution in [0.4, 0.5) is 0 Å². The van der Waals surface area contributed by atoms with Crippen LogP contribution in [-0.4, -0.2) is 34.0 Å². The SMILES string of the molecule is Cc1ccc2nc(COC(=O)Cn3cnc4c3c(=O)n(C)c(=O)n4C)cc(=O)n2c1. The summed E-state index contributed by atoms with van der Waals surface area (Å²) >= 11 is 0. The number of aromatic nitrogens is 6. The number of aryl methyl sites for hydroxylation is 2. The number of imidazole rings is 1. The lowest BCUT2D eigenvalue weighted by atomic mass is 10.3. The van der Waals surface area contributed by atoms with Crippen molar-refractivity contribution in [3.05, 3.63) is 73.2 Å². The maximum absolute atomic E-state index is 12.4. The topological polar surface area (TPSA) is 122 Å². The molecule has 0 amide bonds. The highest BCUT2D eigenvalue weighted by Crippen LogP contribution is 2.07. The third-order valence-electron chi connectivity index (χ3n) is 4.76. The van der Waals surface area contributed by atoms with Gasteiger partial charge in [0.25, 0.3) is 11.1 Å². The smallest absolute Gasteiger partial charge is 0.332 e. The van der Waals surface area contributed by atoms with Crippen molar-refractivity contribution in [1.29, 1.82) is 0 Å². The lowest BCUT2D eigenvalue weighted by Crippen LogP contribution is -2.37. The second kappa shape index (κ2) is 7.10. The number of carbonyl (C=O) groups is 1. The van der Waals surface area contributed by atoms with Gasteiger partial charge in [-0.3, -0.25) is 27.9 Å². The zero-order chi connectivity index (χ0) is 21.6. The number of hydrogen-bond donors (Lipinski definition) is 0. The summed E-state index contributed by atoms with van der Waals surface area (Å²) in [5, 5.41) is 0. The van der Waals surface area contributed by atoms with Gasteiger partial charge in [0.1, 0.15) is 18.8 Å². The van der Waals surface area contributed by atoms with Crippen LogP contribution in [0.1, 0.15) is 11.3 Å². The molecule has 0 radical (unpaired) electrons. The van der Waals surface area contributed by atoms with Gasteiger partial charge in [0, 0.05) is 26.4 Å². The molecule has 0 aliphatic rings. The molecule has 4 aromatic rings. The summed E-state index contributed by atoms with van der Waals surface area (Å²) in [6, 6.07) is 4.84. The van der Waals surface area contributed by atoms with Crippen LogP contribution in [0.3, 0.4) is 0 Å². The van der Waals surface area contributed by atoms with Crippen molar-refractivity contribution < 1.29 is 9.53 Å². The Bertz CT molecular complexity index is 1490. The third-order valence-corrected chi connectivity index (χ3v) is 4.76. The monoisotopic (exact) mass is 410 g/mol. The van der Waals surface area contributed by atoms with Gasteiger partial charge in [-0.25, -0.2) is 14.8 Å². The molecule has 0 spiro atoms. The fourth-order valence-electron chi connectivity index (χ4n) is 3.19. The molecule has 0 aliphatic heterocycles. The molecule has 0 saturated carbocycles. The molecule has 4 heterocycles. The Hall–Kier alpha value is -4.02. The molecule has 0 aromatic carbocycles. The van der Waals surface area contributed by atoms with Crippen LogP contribution in [0, 0.1) is 6.92 Å². The van der Waals surface area contributed by atoms with Gasteiger partial charge < -0.3 is 9.30 Å². The van der Waals surface area contributed by atoms with Crippen LogP contribution in [0.15, 0.2) is 45.1 Å². The van der Waals surface area contributed by atoms with Crippen molar-refractivity contribution in [3.8, 4) is 0 Å². The molecule has 4 rings (SSSR count). The van der Waals surface area contributed by atoms with E-state index >= 15 is 0 Å². The molecule has 0 unspecified atom stereocenters. The minimum atomic E-state index is -0.642. The first-order chi connectivity index (χ1) is 14.3. The van der Waals surface area contributed by atoms with E-state index < -0.39 is 17.2 Å². The highest BCUT2D eigenvalue weighted by molar-refractivity contribution is 5.75. The van der Waals surface area contributed by atoms with Crippen molar-refractivity contribution in [2.24, 2.45) is 14.1 Å². The van der Waals surface area contributed by atoms with Crippen LogP contribution in [-0.2, 0) is 36.8 Å². The fourth-order valence-corrected chi connectivity index (χ4v) is 3.19. The van der Waals surface area contributed by atoms with Gasteiger partial charge in [0.05, 0.1) is 12.0 Å². The highest BCUT2D eigenvalue weighted by atomic mass is 16.5. The Kier molecular flexibility index (Phi) is 4.57. The molecular weight excluding hydrogens is 392 g/mol. The van der Waals surface area contributed by atoms with Gasteiger partial charge >= 0.3 is 11.7 Å². The Morgan fingerprint density at radius 1 is 1.13 bits per heavy atom. The van der Waals surface area contributed by atoms with Crippen molar-refractivity contribution >= 4 is 22.8 Å². The van der Waals surface area contributed by atoms with Gasteiger partial charge in [-0.05, 0) is 18.6 Å². The summed E-state index contributed by atoms with van der Waals surface area (Å²) in [5.74, 6) is -0.642. The molecule has 0 bridgehead atoms. The van der Waals surface area contributed by atoms with Gasteiger partial charge in [0.15, 0.2) is 11.2 Å². The van der Waals surface area contributed by atoms with Crippen LogP contribution in [0.25, 0.3) is 16.8 Å². The van der Waals surface area contributed by atoms with Gasteiger partial charge in [-0.15, -0.1) is 0 Å². The quantitative estimate of drug-likeness (QED) is 0.415. The average molecular weight is 410 g/mol. The van der Waals surface area contributed by atoms with E-state index in [1.165, 1.54) is 40.0 Å². The minimum Gasteiger partial charge on any atom is -0.458 e. The Balaban J connectivity index is 1.56. The second-order valence-electron chi connectivity index (χ2n) is 6.93. The average Bonchev–Trinajstić information content (AvgIpc) is 3.13. The molecule has 0 aliphatic carbocycles.